The Morgan fingerprint density at radius 3 is 2.62 bits per heavy atom. The van der Waals surface area contributed by atoms with Gasteiger partial charge < -0.3 is 4.57 Å². The molecule has 1 N–H and O–H groups in total. The van der Waals surface area contributed by atoms with Gasteiger partial charge in [0.15, 0.2) is 0 Å². The number of aromatic nitrogens is 1. The van der Waals surface area contributed by atoms with Gasteiger partial charge in [0, 0.05) is 15.6 Å². The van der Waals surface area contributed by atoms with Crippen LogP contribution in [0.25, 0.3) is 0 Å². The van der Waals surface area contributed by atoms with Crippen molar-refractivity contribution in [1.29, 1.82) is 5.41 Å². The standard InChI is InChI=1S/C12H11BrN2S/c13-10-5-1-2-6-11(10)16-9-15-8-4-3-7-12(15)14/h1-8,14H,9H2. The van der Waals surface area contributed by atoms with Gasteiger partial charge in [0.25, 0.3) is 0 Å². The van der Waals surface area contributed by atoms with E-state index in [2.05, 4.69) is 22.0 Å². The summed E-state index contributed by atoms with van der Waals surface area (Å²) in [6, 6.07) is 13.7. The fourth-order valence-corrected chi connectivity index (χ4v) is 2.80. The van der Waals surface area contributed by atoms with E-state index in [9.17, 15) is 0 Å². The van der Waals surface area contributed by atoms with Crippen LogP contribution in [0.3, 0.4) is 0 Å². The third kappa shape index (κ3) is 2.77. The number of nitrogens with one attached hydrogen (secondary N) is 1. The fourth-order valence-electron chi connectivity index (χ4n) is 1.29. The minimum Gasteiger partial charge on any atom is -0.323 e. The highest BCUT2D eigenvalue weighted by molar-refractivity contribution is 9.10. The van der Waals surface area contributed by atoms with Gasteiger partial charge in [0.2, 0.25) is 0 Å². The van der Waals surface area contributed by atoms with Gasteiger partial charge in [-0.3, -0.25) is 5.41 Å². The summed E-state index contributed by atoms with van der Waals surface area (Å²) in [6.07, 6.45) is 1.92. The Kier molecular flexibility index (Phi) is 3.85. The molecule has 2 rings (SSSR count). The predicted octanol–water partition coefficient (Wildman–Crippen LogP) is 3.48. The van der Waals surface area contributed by atoms with Crippen LogP contribution in [0.15, 0.2) is 58.0 Å². The van der Waals surface area contributed by atoms with Crippen molar-refractivity contribution in [3.05, 3.63) is 58.6 Å². The van der Waals surface area contributed by atoms with Gasteiger partial charge >= 0.3 is 0 Å². The average Bonchev–Trinajstić information content (AvgIpc) is 2.30. The van der Waals surface area contributed by atoms with Crippen molar-refractivity contribution in [3.8, 4) is 0 Å². The second kappa shape index (κ2) is 5.37. The maximum atomic E-state index is 7.73. The molecule has 0 unspecified atom stereocenters. The Morgan fingerprint density at radius 1 is 1.12 bits per heavy atom. The van der Waals surface area contributed by atoms with Crippen molar-refractivity contribution in [2.75, 3.05) is 0 Å². The molecule has 0 saturated carbocycles. The van der Waals surface area contributed by atoms with Gasteiger partial charge in [0.05, 0.1) is 5.88 Å². The third-order valence-corrected chi connectivity index (χ3v) is 4.16. The quantitative estimate of drug-likeness (QED) is 0.863. The average molecular weight is 295 g/mol. The summed E-state index contributed by atoms with van der Waals surface area (Å²) < 4.78 is 3.01. The zero-order chi connectivity index (χ0) is 11.4. The molecule has 0 atom stereocenters. The largest absolute Gasteiger partial charge is 0.323 e. The highest BCUT2D eigenvalue weighted by Crippen LogP contribution is 2.27. The van der Waals surface area contributed by atoms with Crippen molar-refractivity contribution < 1.29 is 0 Å². The minimum absolute atomic E-state index is 0.530. The zero-order valence-corrected chi connectivity index (χ0v) is 11.0. The Bertz CT molecular complexity index is 536. The summed E-state index contributed by atoms with van der Waals surface area (Å²) in [5.41, 5.74) is 0.530. The van der Waals surface area contributed by atoms with E-state index in [1.165, 1.54) is 4.90 Å². The van der Waals surface area contributed by atoms with Crippen LogP contribution in [-0.2, 0) is 5.88 Å². The molecule has 4 heteroatoms. The van der Waals surface area contributed by atoms with E-state index in [4.69, 9.17) is 5.41 Å². The lowest BCUT2D eigenvalue weighted by Gasteiger charge is -2.07. The summed E-state index contributed by atoms with van der Waals surface area (Å²) in [6.45, 7) is 0. The molecule has 0 saturated heterocycles. The molecule has 0 radical (unpaired) electrons. The summed E-state index contributed by atoms with van der Waals surface area (Å²) in [4.78, 5) is 1.19. The topological polar surface area (TPSA) is 28.8 Å². The van der Waals surface area contributed by atoms with Crippen LogP contribution in [0, 0.1) is 5.41 Å². The van der Waals surface area contributed by atoms with Crippen molar-refractivity contribution in [1.82, 2.24) is 4.57 Å². The highest BCUT2D eigenvalue weighted by Gasteiger charge is 1.99. The van der Waals surface area contributed by atoms with Crippen LogP contribution in [0.4, 0.5) is 0 Å². The minimum atomic E-state index is 0.530. The number of rotatable bonds is 3. The Balaban J connectivity index is 2.12. The summed E-state index contributed by atoms with van der Waals surface area (Å²) in [5, 5.41) is 7.73. The number of halogens is 1. The molecule has 0 aliphatic rings. The summed E-state index contributed by atoms with van der Waals surface area (Å²) in [7, 11) is 0. The van der Waals surface area contributed by atoms with Gasteiger partial charge in [-0.1, -0.05) is 18.2 Å². The van der Waals surface area contributed by atoms with Crippen LogP contribution >= 0.6 is 27.7 Å². The number of thioether (sulfide) groups is 1. The molecule has 0 bridgehead atoms. The predicted molar refractivity (Wildman–Crippen MR) is 70.3 cm³/mol. The van der Waals surface area contributed by atoms with Crippen molar-refractivity contribution >= 4 is 27.7 Å². The van der Waals surface area contributed by atoms with Crippen molar-refractivity contribution in [2.24, 2.45) is 0 Å². The molecule has 82 valence electrons. The number of hydrogen-bond acceptors (Lipinski definition) is 2. The molecule has 1 aromatic heterocycles. The van der Waals surface area contributed by atoms with E-state index in [0.29, 0.717) is 5.49 Å². The molecule has 2 nitrogen and oxygen atoms in total. The molecule has 0 fully saturated rings. The lowest BCUT2D eigenvalue weighted by atomic mass is 10.4. The number of benzene rings is 1. The first kappa shape index (κ1) is 11.5. The van der Waals surface area contributed by atoms with E-state index < -0.39 is 0 Å². The second-order valence-electron chi connectivity index (χ2n) is 3.26. The second-order valence-corrected chi connectivity index (χ2v) is 5.10. The van der Waals surface area contributed by atoms with Gasteiger partial charge in [-0.25, -0.2) is 0 Å². The number of pyridine rings is 1. The lowest BCUT2D eigenvalue weighted by molar-refractivity contribution is 0.799. The van der Waals surface area contributed by atoms with Gasteiger partial charge in [0.1, 0.15) is 5.49 Å². The van der Waals surface area contributed by atoms with Crippen molar-refractivity contribution in [2.45, 2.75) is 10.8 Å². The monoisotopic (exact) mass is 294 g/mol. The van der Waals surface area contributed by atoms with Gasteiger partial charge in [-0.15, -0.1) is 11.8 Å². The van der Waals surface area contributed by atoms with E-state index in [0.717, 1.165) is 10.3 Å². The SMILES string of the molecule is N=c1ccccn1CSc1ccccc1Br. The maximum absolute atomic E-state index is 7.73. The molecule has 0 spiro atoms. The number of nitrogens with zero attached hydrogens (tertiary/aromatic N) is 1. The van der Waals surface area contributed by atoms with Crippen LogP contribution in [-0.4, -0.2) is 4.57 Å². The molecule has 16 heavy (non-hydrogen) atoms. The molecule has 1 heterocycles. The van der Waals surface area contributed by atoms with Crippen LogP contribution in [0.2, 0.25) is 0 Å². The Hall–Kier alpha value is -1.00. The van der Waals surface area contributed by atoms with Crippen LogP contribution < -0.4 is 5.49 Å². The first-order chi connectivity index (χ1) is 7.77. The normalized spacial score (nSPS) is 10.3. The number of hydrogen-bond donors (Lipinski definition) is 1. The van der Waals surface area contributed by atoms with E-state index in [1.807, 2.05) is 41.1 Å². The van der Waals surface area contributed by atoms with Gasteiger partial charge in [-0.05, 0) is 40.2 Å². The van der Waals surface area contributed by atoms with E-state index in [-0.39, 0.29) is 0 Å². The summed E-state index contributed by atoms with van der Waals surface area (Å²) in [5.74, 6) is 0.752. The molecule has 2 aromatic rings. The Labute approximate surface area is 107 Å². The fraction of sp³-hybridized carbons (Fsp3) is 0.0833. The zero-order valence-electron chi connectivity index (χ0n) is 8.56. The highest BCUT2D eigenvalue weighted by atomic mass is 79.9. The first-order valence-electron chi connectivity index (χ1n) is 4.85. The van der Waals surface area contributed by atoms with E-state index in [1.54, 1.807) is 17.8 Å². The smallest absolute Gasteiger partial charge is 0.125 e. The third-order valence-electron chi connectivity index (χ3n) is 2.14. The van der Waals surface area contributed by atoms with Gasteiger partial charge in [-0.2, -0.15) is 0 Å². The molecule has 0 amide bonds. The lowest BCUT2D eigenvalue weighted by Crippen LogP contribution is -2.16. The van der Waals surface area contributed by atoms with Crippen LogP contribution in [0.1, 0.15) is 0 Å². The summed E-state index contributed by atoms with van der Waals surface area (Å²) >= 11 is 5.22. The Morgan fingerprint density at radius 2 is 1.88 bits per heavy atom. The molecule has 1 aromatic carbocycles. The molecule has 0 aliphatic heterocycles. The first-order valence-corrected chi connectivity index (χ1v) is 6.62. The van der Waals surface area contributed by atoms with Crippen molar-refractivity contribution in [3.63, 3.8) is 0 Å². The molecular weight excluding hydrogens is 284 g/mol. The van der Waals surface area contributed by atoms with Crippen LogP contribution in [0.5, 0.6) is 0 Å². The molecular formula is C12H11BrN2S. The molecule has 0 aliphatic carbocycles. The maximum Gasteiger partial charge on any atom is 0.125 e. The van der Waals surface area contributed by atoms with E-state index >= 15 is 0 Å².